The smallest absolute Gasteiger partial charge is 0.366 e. The molecule has 2 aromatic carbocycles. The number of alkyl halides is 3. The fourth-order valence-corrected chi connectivity index (χ4v) is 3.80. The fraction of sp³-hybridized carbons (Fsp3) is 0.200. The lowest BCUT2D eigenvalue weighted by molar-refractivity contribution is -0.140. The number of hydrogen-bond acceptors (Lipinski definition) is 4. The number of primary amides is 1. The number of nitrogens with one attached hydrogen (secondary N) is 1. The number of benzene rings is 2. The van der Waals surface area contributed by atoms with E-state index >= 15 is 0 Å². The maximum absolute atomic E-state index is 13.8. The first-order chi connectivity index (χ1) is 17.0. The Hall–Kier alpha value is -4.28. The normalized spacial score (nSPS) is 11.6. The number of fused-ring (bicyclic) bond motifs is 1. The molecule has 2 aromatic heterocycles. The Morgan fingerprint density at radius 1 is 1.06 bits per heavy atom. The first-order valence-corrected chi connectivity index (χ1v) is 10.9. The van der Waals surface area contributed by atoms with Crippen molar-refractivity contribution in [3.63, 3.8) is 0 Å². The first-order valence-electron chi connectivity index (χ1n) is 10.9. The SMILES string of the molecule is CCc1ccc(Cn2nc(C(F)(F)F)c(NC(=O)c3cc(C(N)=O)c4ccc(F)cc4n3)c2C)cc1. The molecule has 4 rings (SSSR count). The molecule has 0 radical (unpaired) electrons. The zero-order valence-electron chi connectivity index (χ0n) is 19.3. The van der Waals surface area contributed by atoms with E-state index in [4.69, 9.17) is 5.73 Å². The molecule has 0 aliphatic carbocycles. The van der Waals surface area contributed by atoms with Crippen LogP contribution in [0.4, 0.5) is 23.2 Å². The number of amides is 2. The van der Waals surface area contributed by atoms with Crippen molar-refractivity contribution >= 4 is 28.4 Å². The molecule has 11 heteroatoms. The lowest BCUT2D eigenvalue weighted by Crippen LogP contribution is -2.19. The molecule has 0 bridgehead atoms. The van der Waals surface area contributed by atoms with E-state index in [1.807, 2.05) is 19.1 Å². The van der Waals surface area contributed by atoms with Gasteiger partial charge in [-0.3, -0.25) is 14.3 Å². The average Bonchev–Trinajstić information content (AvgIpc) is 3.13. The summed E-state index contributed by atoms with van der Waals surface area (Å²) in [4.78, 5) is 28.9. The molecule has 0 unspecified atom stereocenters. The Labute approximate surface area is 202 Å². The van der Waals surface area contributed by atoms with Crippen molar-refractivity contribution in [2.45, 2.75) is 33.0 Å². The third-order valence-electron chi connectivity index (χ3n) is 5.75. The maximum Gasteiger partial charge on any atom is 0.437 e. The van der Waals surface area contributed by atoms with E-state index in [0.717, 1.165) is 40.4 Å². The molecule has 2 heterocycles. The van der Waals surface area contributed by atoms with Gasteiger partial charge in [0.1, 0.15) is 11.5 Å². The van der Waals surface area contributed by atoms with Crippen LogP contribution in [0, 0.1) is 12.7 Å². The lowest BCUT2D eigenvalue weighted by atomic mass is 10.1. The van der Waals surface area contributed by atoms with Crippen LogP contribution in [-0.4, -0.2) is 26.6 Å². The minimum atomic E-state index is -4.86. The monoisotopic (exact) mass is 499 g/mol. The van der Waals surface area contributed by atoms with E-state index in [1.54, 1.807) is 12.1 Å². The molecule has 0 saturated carbocycles. The molecule has 2 amide bonds. The van der Waals surface area contributed by atoms with Gasteiger partial charge >= 0.3 is 6.18 Å². The Morgan fingerprint density at radius 3 is 2.33 bits per heavy atom. The Balaban J connectivity index is 1.73. The minimum absolute atomic E-state index is 0.0459. The highest BCUT2D eigenvalue weighted by atomic mass is 19.4. The van der Waals surface area contributed by atoms with Gasteiger partial charge in [-0.05, 0) is 42.7 Å². The number of carbonyl (C=O) groups is 2. The highest BCUT2D eigenvalue weighted by molar-refractivity contribution is 6.10. The van der Waals surface area contributed by atoms with Crippen LogP contribution in [0.5, 0.6) is 0 Å². The van der Waals surface area contributed by atoms with Crippen molar-refractivity contribution in [3.05, 3.63) is 88.1 Å². The predicted octanol–water partition coefficient (Wildman–Crippen LogP) is 4.86. The fourth-order valence-electron chi connectivity index (χ4n) is 3.80. The molecule has 0 aliphatic heterocycles. The van der Waals surface area contributed by atoms with E-state index in [0.29, 0.717) is 0 Å². The van der Waals surface area contributed by atoms with Gasteiger partial charge in [0, 0.05) is 11.5 Å². The van der Waals surface area contributed by atoms with Crippen LogP contribution in [0.25, 0.3) is 10.9 Å². The highest BCUT2D eigenvalue weighted by Gasteiger charge is 2.39. The summed E-state index contributed by atoms with van der Waals surface area (Å²) in [7, 11) is 0. The van der Waals surface area contributed by atoms with Crippen LogP contribution in [0.2, 0.25) is 0 Å². The summed E-state index contributed by atoms with van der Waals surface area (Å²) in [6.45, 7) is 3.44. The average molecular weight is 499 g/mol. The Kier molecular flexibility index (Phi) is 6.49. The van der Waals surface area contributed by atoms with Crippen LogP contribution in [-0.2, 0) is 19.1 Å². The molecular weight excluding hydrogens is 478 g/mol. The molecule has 0 saturated heterocycles. The van der Waals surface area contributed by atoms with Crippen LogP contribution in [0.3, 0.4) is 0 Å². The summed E-state index contributed by atoms with van der Waals surface area (Å²) >= 11 is 0. The molecule has 186 valence electrons. The Bertz CT molecular complexity index is 1480. The molecule has 36 heavy (non-hydrogen) atoms. The summed E-state index contributed by atoms with van der Waals surface area (Å²) in [5.41, 5.74) is 4.87. The molecule has 7 nitrogen and oxygen atoms in total. The maximum atomic E-state index is 13.8. The Morgan fingerprint density at radius 2 is 1.72 bits per heavy atom. The zero-order valence-corrected chi connectivity index (χ0v) is 19.3. The summed E-state index contributed by atoms with van der Waals surface area (Å²) in [5, 5.41) is 6.13. The van der Waals surface area contributed by atoms with Gasteiger partial charge in [0.05, 0.1) is 29.0 Å². The third-order valence-corrected chi connectivity index (χ3v) is 5.75. The lowest BCUT2D eigenvalue weighted by Gasteiger charge is -2.11. The molecular formula is C25H21F4N5O2. The van der Waals surface area contributed by atoms with Gasteiger partial charge in [-0.15, -0.1) is 0 Å². The second-order valence-corrected chi connectivity index (χ2v) is 8.17. The van der Waals surface area contributed by atoms with E-state index < -0.39 is 40.9 Å². The van der Waals surface area contributed by atoms with Crippen molar-refractivity contribution in [2.75, 3.05) is 5.32 Å². The second kappa shape index (κ2) is 9.40. The number of anilines is 1. The molecule has 4 aromatic rings. The largest absolute Gasteiger partial charge is 0.437 e. The van der Waals surface area contributed by atoms with Crippen LogP contribution in [0.1, 0.15) is 50.3 Å². The van der Waals surface area contributed by atoms with Gasteiger partial charge in [0.2, 0.25) is 5.91 Å². The predicted molar refractivity (Wildman–Crippen MR) is 125 cm³/mol. The highest BCUT2D eigenvalue weighted by Crippen LogP contribution is 2.36. The number of aryl methyl sites for hydroxylation is 1. The van der Waals surface area contributed by atoms with Crippen molar-refractivity contribution in [1.29, 1.82) is 0 Å². The standard InChI is InChI=1S/C25H21F4N5O2/c1-3-14-4-6-15(7-5-14)12-34-13(2)21(22(33-34)25(27,28)29)32-24(36)20-11-18(23(30)35)17-9-8-16(26)10-19(17)31-20/h4-11H,3,12H2,1-2H3,(H2,30,35)(H,32,36). The van der Waals surface area contributed by atoms with Gasteiger partial charge in [0.25, 0.3) is 5.91 Å². The summed E-state index contributed by atoms with van der Waals surface area (Å²) < 4.78 is 56.3. The number of halogens is 4. The second-order valence-electron chi connectivity index (χ2n) is 8.17. The molecule has 0 spiro atoms. The van der Waals surface area contributed by atoms with E-state index in [-0.39, 0.29) is 28.7 Å². The van der Waals surface area contributed by atoms with Crippen LogP contribution >= 0.6 is 0 Å². The quantitative estimate of drug-likeness (QED) is 0.370. The zero-order chi connectivity index (χ0) is 26.2. The summed E-state index contributed by atoms with van der Waals surface area (Å²) in [5.74, 6) is -2.62. The topological polar surface area (TPSA) is 103 Å². The van der Waals surface area contributed by atoms with Crippen LogP contribution in [0.15, 0.2) is 48.5 Å². The van der Waals surface area contributed by atoms with Crippen molar-refractivity contribution in [2.24, 2.45) is 5.73 Å². The summed E-state index contributed by atoms with van der Waals surface area (Å²) in [6, 6.07) is 11.8. The van der Waals surface area contributed by atoms with E-state index in [9.17, 15) is 27.2 Å². The van der Waals surface area contributed by atoms with Crippen LogP contribution < -0.4 is 11.1 Å². The van der Waals surface area contributed by atoms with Gasteiger partial charge in [-0.1, -0.05) is 31.2 Å². The number of pyridine rings is 1. The first kappa shape index (κ1) is 24.8. The minimum Gasteiger partial charge on any atom is -0.366 e. The number of nitrogens with zero attached hydrogens (tertiary/aromatic N) is 3. The number of rotatable bonds is 6. The number of carbonyl (C=O) groups excluding carboxylic acids is 2. The number of nitrogens with two attached hydrogens (primary N) is 1. The summed E-state index contributed by atoms with van der Waals surface area (Å²) in [6.07, 6.45) is -4.04. The third kappa shape index (κ3) is 4.90. The molecule has 0 atom stereocenters. The van der Waals surface area contributed by atoms with E-state index in [2.05, 4.69) is 15.4 Å². The van der Waals surface area contributed by atoms with Gasteiger partial charge in [0.15, 0.2) is 5.69 Å². The van der Waals surface area contributed by atoms with Crippen molar-refractivity contribution < 1.29 is 27.2 Å². The van der Waals surface area contributed by atoms with Crippen molar-refractivity contribution in [1.82, 2.24) is 14.8 Å². The van der Waals surface area contributed by atoms with E-state index in [1.165, 1.54) is 13.0 Å². The molecule has 3 N–H and O–H groups in total. The van der Waals surface area contributed by atoms with Gasteiger partial charge in [-0.2, -0.15) is 18.3 Å². The number of hydrogen-bond donors (Lipinski definition) is 2. The molecule has 0 aliphatic rings. The van der Waals surface area contributed by atoms with Crippen molar-refractivity contribution in [3.8, 4) is 0 Å². The molecule has 0 fully saturated rings. The number of aromatic nitrogens is 3. The van der Waals surface area contributed by atoms with Gasteiger partial charge < -0.3 is 11.1 Å². The van der Waals surface area contributed by atoms with Gasteiger partial charge in [-0.25, -0.2) is 9.37 Å².